The number of hydrogen-bond acceptors (Lipinski definition) is 5. The van der Waals surface area contributed by atoms with E-state index < -0.39 is 11.9 Å². The van der Waals surface area contributed by atoms with Crippen LogP contribution in [0.2, 0.25) is 0 Å². The van der Waals surface area contributed by atoms with Crippen LogP contribution in [0.1, 0.15) is 39.1 Å². The summed E-state index contributed by atoms with van der Waals surface area (Å²) in [5.41, 5.74) is 1.44. The van der Waals surface area contributed by atoms with Crippen molar-refractivity contribution in [3.8, 4) is 11.5 Å². The fourth-order valence-electron chi connectivity index (χ4n) is 4.93. The van der Waals surface area contributed by atoms with Gasteiger partial charge in [-0.15, -0.1) is 34.0 Å². The van der Waals surface area contributed by atoms with Gasteiger partial charge in [-0.25, -0.2) is 9.59 Å². The summed E-state index contributed by atoms with van der Waals surface area (Å²) in [7, 11) is 3.32. The molecule has 3 saturated heterocycles. The molecule has 0 saturated carbocycles. The van der Waals surface area contributed by atoms with Gasteiger partial charge >= 0.3 is 11.9 Å². The van der Waals surface area contributed by atoms with Crippen molar-refractivity contribution in [2.45, 2.75) is 25.5 Å². The molecule has 33 heavy (non-hydrogen) atoms. The molecule has 9 heteroatoms. The van der Waals surface area contributed by atoms with Crippen LogP contribution in [-0.2, 0) is 11.3 Å². The Kier molecular flexibility index (Phi) is 9.34. The number of carbonyl (C=O) groups is 2. The second kappa shape index (κ2) is 11.4. The van der Waals surface area contributed by atoms with Crippen LogP contribution in [0.25, 0.3) is 0 Å². The largest absolute Gasteiger partial charge is 0.497 e. The summed E-state index contributed by atoms with van der Waals surface area (Å²) in [5.74, 6) is 0.453. The van der Waals surface area contributed by atoms with Crippen LogP contribution >= 0.6 is 34.0 Å². The zero-order chi connectivity index (χ0) is 22.0. The molecule has 0 spiro atoms. The highest BCUT2D eigenvalue weighted by Gasteiger charge is 2.48. The minimum Gasteiger partial charge on any atom is -0.497 e. The monoisotopic (exact) mass is 586 g/mol. The first-order valence-corrected chi connectivity index (χ1v) is 10.5. The third kappa shape index (κ3) is 5.88. The molecular weight excluding hydrogens is 558 g/mol. The van der Waals surface area contributed by atoms with Crippen molar-refractivity contribution in [2.75, 3.05) is 33.9 Å². The molecule has 3 aliphatic heterocycles. The summed E-state index contributed by atoms with van der Waals surface area (Å²) in [6, 6.07) is 11.8. The molecule has 2 bridgehead atoms. The first-order valence-electron chi connectivity index (χ1n) is 10.5. The Morgan fingerprint density at radius 3 is 2.33 bits per heavy atom. The lowest BCUT2D eigenvalue weighted by molar-refractivity contribution is -0.958. The quantitative estimate of drug-likeness (QED) is 0.379. The molecule has 3 heterocycles. The second-order valence-electron chi connectivity index (χ2n) is 8.47. The number of nitrogens with zero attached hydrogens (tertiary/aromatic N) is 1. The smallest absolute Gasteiger partial charge is 0.338 e. The van der Waals surface area contributed by atoms with Crippen LogP contribution in [0.3, 0.4) is 0 Å². The van der Waals surface area contributed by atoms with E-state index in [4.69, 9.17) is 14.2 Å². The van der Waals surface area contributed by atoms with Gasteiger partial charge in [0.2, 0.25) is 0 Å². The van der Waals surface area contributed by atoms with Crippen molar-refractivity contribution in [2.24, 2.45) is 5.92 Å². The van der Waals surface area contributed by atoms with Crippen molar-refractivity contribution < 1.29 is 33.4 Å². The van der Waals surface area contributed by atoms with E-state index >= 15 is 0 Å². The number of carbonyl (C=O) groups excluding carboxylic acids is 1. The molecule has 0 aromatic heterocycles. The number of aromatic carboxylic acids is 1. The maximum atomic E-state index is 12.8. The Bertz CT molecular complexity index is 991. The minimum absolute atomic E-state index is 0. The van der Waals surface area contributed by atoms with Crippen LogP contribution in [0.4, 0.5) is 0 Å². The van der Waals surface area contributed by atoms with Crippen LogP contribution < -0.4 is 9.47 Å². The van der Waals surface area contributed by atoms with E-state index in [1.165, 1.54) is 12.1 Å². The van der Waals surface area contributed by atoms with E-state index in [9.17, 15) is 14.7 Å². The third-order valence-electron chi connectivity index (χ3n) is 6.64. The Morgan fingerprint density at radius 2 is 1.70 bits per heavy atom. The van der Waals surface area contributed by atoms with Gasteiger partial charge in [0.1, 0.15) is 24.6 Å². The fraction of sp³-hybridized carbons (Fsp3) is 0.417. The summed E-state index contributed by atoms with van der Waals surface area (Å²) in [4.78, 5) is 24.0. The highest BCUT2D eigenvalue weighted by molar-refractivity contribution is 8.93. The van der Waals surface area contributed by atoms with Gasteiger partial charge in [-0.2, -0.15) is 0 Å². The number of carboxylic acids is 1. The normalized spacial score (nSPS) is 23.0. The van der Waals surface area contributed by atoms with Crippen molar-refractivity contribution >= 4 is 45.9 Å². The molecule has 2 aromatic rings. The van der Waals surface area contributed by atoms with Crippen molar-refractivity contribution in [3.05, 3.63) is 59.2 Å². The second-order valence-corrected chi connectivity index (χ2v) is 8.47. The van der Waals surface area contributed by atoms with E-state index in [2.05, 4.69) is 0 Å². The average Bonchev–Trinajstić information content (AvgIpc) is 2.79. The van der Waals surface area contributed by atoms with Gasteiger partial charge in [0.25, 0.3) is 0 Å². The molecule has 3 fully saturated rings. The summed E-state index contributed by atoms with van der Waals surface area (Å²) in [6.45, 7) is 3.60. The van der Waals surface area contributed by atoms with E-state index in [0.29, 0.717) is 5.92 Å². The molecule has 1 N–H and O–H groups in total. The highest BCUT2D eigenvalue weighted by atomic mass is 79.9. The van der Waals surface area contributed by atoms with Crippen LogP contribution in [-0.4, -0.2) is 61.5 Å². The van der Waals surface area contributed by atoms with Gasteiger partial charge in [-0.1, -0.05) is 6.07 Å². The number of quaternary nitrogens is 1. The van der Waals surface area contributed by atoms with Crippen LogP contribution in [0.15, 0.2) is 42.5 Å². The van der Waals surface area contributed by atoms with Gasteiger partial charge in [0.05, 0.1) is 44.0 Å². The molecule has 7 nitrogen and oxygen atoms in total. The lowest BCUT2D eigenvalue weighted by atomic mass is 9.82. The predicted octanol–water partition coefficient (Wildman–Crippen LogP) is 4.52. The molecule has 180 valence electrons. The van der Waals surface area contributed by atoms with Gasteiger partial charge < -0.3 is 23.8 Å². The lowest BCUT2D eigenvalue weighted by Gasteiger charge is -2.52. The maximum absolute atomic E-state index is 12.8. The fourth-order valence-corrected chi connectivity index (χ4v) is 4.93. The number of ether oxygens (including phenoxy) is 3. The molecule has 0 radical (unpaired) electrons. The van der Waals surface area contributed by atoms with Crippen molar-refractivity contribution in [1.82, 2.24) is 0 Å². The Balaban J connectivity index is 0.00000193. The molecule has 3 aliphatic rings. The Hall–Kier alpha value is -2.10. The average molecular weight is 588 g/mol. The van der Waals surface area contributed by atoms with E-state index in [1.807, 2.05) is 18.2 Å². The first kappa shape index (κ1) is 27.1. The van der Waals surface area contributed by atoms with E-state index in [0.717, 1.165) is 60.6 Å². The zero-order valence-corrected chi connectivity index (χ0v) is 22.1. The summed E-state index contributed by atoms with van der Waals surface area (Å²) >= 11 is 0. The Labute approximate surface area is 214 Å². The molecular formula is C24H30Br2NO6+. The summed E-state index contributed by atoms with van der Waals surface area (Å²) in [5, 5.41) is 9.18. The van der Waals surface area contributed by atoms with Crippen LogP contribution in [0.5, 0.6) is 11.5 Å². The summed E-state index contributed by atoms with van der Waals surface area (Å²) in [6.07, 6.45) is 1.82. The van der Waals surface area contributed by atoms with Gasteiger partial charge in [-0.05, 0) is 36.4 Å². The topological polar surface area (TPSA) is 82.1 Å². The van der Waals surface area contributed by atoms with Gasteiger partial charge in [0, 0.05) is 18.8 Å². The molecule has 0 amide bonds. The number of carboxylic acid groups (broad SMARTS) is 1. The zero-order valence-electron chi connectivity index (χ0n) is 18.7. The molecule has 1 atom stereocenters. The number of methoxy groups -OCH3 is 2. The SMILES string of the molecule is Br.Br.COc1ccc(OC)c(C[N+]23CCC(CC2)C(OC(=O)c2cccc(C(=O)O)c2)C3)c1. The number of piperidine rings is 3. The first-order chi connectivity index (χ1) is 14.9. The minimum atomic E-state index is -1.06. The van der Waals surface area contributed by atoms with Crippen molar-refractivity contribution in [1.29, 1.82) is 0 Å². The van der Waals surface area contributed by atoms with Gasteiger partial charge in [0.15, 0.2) is 6.10 Å². The molecule has 5 rings (SSSR count). The number of esters is 1. The predicted molar refractivity (Wildman–Crippen MR) is 134 cm³/mol. The standard InChI is InChI=1S/C24H27NO6.2BrH/c1-29-20-6-7-21(30-2)19(13-20)14-25-10-8-16(9-11-25)22(15-25)31-24(28)18-5-3-4-17(12-18)23(26)27;;/h3-7,12-13,16,22H,8-11,14-15H2,1-2H3;2*1H/p+1. The van der Waals surface area contributed by atoms with E-state index in [-0.39, 0.29) is 51.2 Å². The van der Waals surface area contributed by atoms with E-state index in [1.54, 1.807) is 26.4 Å². The number of rotatable bonds is 7. The number of benzene rings is 2. The number of fused-ring (bicyclic) bond motifs is 3. The Morgan fingerprint density at radius 1 is 1.00 bits per heavy atom. The summed E-state index contributed by atoms with van der Waals surface area (Å²) < 4.78 is 17.7. The lowest BCUT2D eigenvalue weighted by Crippen LogP contribution is -2.63. The molecule has 0 aliphatic carbocycles. The highest BCUT2D eigenvalue weighted by Crippen LogP contribution is 2.39. The number of hydrogen-bond donors (Lipinski definition) is 1. The van der Waals surface area contributed by atoms with Gasteiger partial charge in [-0.3, -0.25) is 0 Å². The van der Waals surface area contributed by atoms with Crippen molar-refractivity contribution in [3.63, 3.8) is 0 Å². The molecule has 2 aromatic carbocycles. The third-order valence-corrected chi connectivity index (χ3v) is 6.64. The van der Waals surface area contributed by atoms with Crippen LogP contribution in [0, 0.1) is 5.92 Å². The maximum Gasteiger partial charge on any atom is 0.338 e. The number of halogens is 2. The molecule has 1 unspecified atom stereocenters.